The van der Waals surface area contributed by atoms with Gasteiger partial charge in [0.05, 0.1) is 10.5 Å². The molecule has 0 atom stereocenters. The van der Waals surface area contributed by atoms with Gasteiger partial charge in [-0.15, -0.1) is 4.83 Å². The van der Waals surface area contributed by atoms with Crippen LogP contribution >= 0.6 is 0 Å². The second-order valence-electron chi connectivity index (χ2n) is 4.45. The molecule has 0 bridgehead atoms. The Morgan fingerprint density at radius 3 is 2.22 bits per heavy atom. The van der Waals surface area contributed by atoms with Gasteiger partial charge in [0.15, 0.2) is 0 Å². The summed E-state index contributed by atoms with van der Waals surface area (Å²) in [6, 6.07) is 10.9. The third-order valence-corrected chi connectivity index (χ3v) is 4.05. The van der Waals surface area contributed by atoms with Crippen molar-refractivity contribution >= 4 is 15.9 Å². The molecule has 5 nitrogen and oxygen atoms in total. The monoisotopic (exact) mass is 344 g/mol. The van der Waals surface area contributed by atoms with E-state index >= 15 is 0 Å². The lowest BCUT2D eigenvalue weighted by molar-refractivity contribution is -0.137. The lowest BCUT2D eigenvalue weighted by Gasteiger charge is -2.11. The van der Waals surface area contributed by atoms with E-state index in [2.05, 4.69) is 0 Å². The van der Waals surface area contributed by atoms with Crippen LogP contribution in [0.25, 0.3) is 0 Å². The molecule has 23 heavy (non-hydrogen) atoms. The van der Waals surface area contributed by atoms with Crippen molar-refractivity contribution in [3.05, 3.63) is 65.7 Å². The highest BCUT2D eigenvalue weighted by atomic mass is 32.2. The Hall–Kier alpha value is -2.39. The summed E-state index contributed by atoms with van der Waals surface area (Å²) in [7, 11) is -4.33. The smallest absolute Gasteiger partial charge is 0.273 e. The molecule has 0 aromatic heterocycles. The minimum absolute atomic E-state index is 0.194. The SMILES string of the molecule is O=C(NNS(=O)(=O)c1cccc(C(F)(F)F)c1)c1ccccc1. The van der Waals surface area contributed by atoms with Crippen LogP contribution in [0.1, 0.15) is 15.9 Å². The Kier molecular flexibility index (Phi) is 4.71. The van der Waals surface area contributed by atoms with E-state index in [1.807, 2.05) is 5.43 Å². The molecule has 0 fully saturated rings. The highest BCUT2D eigenvalue weighted by Gasteiger charge is 2.31. The van der Waals surface area contributed by atoms with Gasteiger partial charge in [-0.3, -0.25) is 10.2 Å². The van der Waals surface area contributed by atoms with Crippen molar-refractivity contribution < 1.29 is 26.4 Å². The zero-order valence-corrected chi connectivity index (χ0v) is 12.3. The highest BCUT2D eigenvalue weighted by molar-refractivity contribution is 7.89. The van der Waals surface area contributed by atoms with Gasteiger partial charge in [0.1, 0.15) is 0 Å². The first-order chi connectivity index (χ1) is 10.7. The van der Waals surface area contributed by atoms with Crippen molar-refractivity contribution in [2.45, 2.75) is 11.1 Å². The van der Waals surface area contributed by atoms with Crippen molar-refractivity contribution in [2.24, 2.45) is 0 Å². The molecule has 0 radical (unpaired) electrons. The van der Waals surface area contributed by atoms with Crippen LogP contribution in [-0.2, 0) is 16.2 Å². The van der Waals surface area contributed by atoms with Crippen LogP contribution < -0.4 is 10.3 Å². The van der Waals surface area contributed by atoms with Gasteiger partial charge < -0.3 is 0 Å². The van der Waals surface area contributed by atoms with Gasteiger partial charge in [-0.25, -0.2) is 8.42 Å². The number of hydrogen-bond donors (Lipinski definition) is 2. The third-order valence-electron chi connectivity index (χ3n) is 2.81. The fraction of sp³-hybridized carbons (Fsp3) is 0.0714. The third kappa shape index (κ3) is 4.30. The van der Waals surface area contributed by atoms with E-state index in [9.17, 15) is 26.4 Å². The molecule has 0 saturated carbocycles. The van der Waals surface area contributed by atoms with E-state index in [1.165, 1.54) is 12.1 Å². The highest BCUT2D eigenvalue weighted by Crippen LogP contribution is 2.30. The standard InChI is InChI=1S/C14H11F3N2O3S/c15-14(16,17)11-7-4-8-12(9-11)23(21,22)19-18-13(20)10-5-2-1-3-6-10/h1-9,19H,(H,18,20). The average molecular weight is 344 g/mol. The van der Waals surface area contributed by atoms with Crippen LogP contribution in [-0.4, -0.2) is 14.3 Å². The minimum Gasteiger partial charge on any atom is -0.273 e. The van der Waals surface area contributed by atoms with E-state index in [4.69, 9.17) is 0 Å². The number of benzene rings is 2. The molecule has 0 aliphatic heterocycles. The quantitative estimate of drug-likeness (QED) is 0.836. The van der Waals surface area contributed by atoms with Gasteiger partial charge in [0.2, 0.25) is 0 Å². The largest absolute Gasteiger partial charge is 0.416 e. The first-order valence-electron chi connectivity index (χ1n) is 6.24. The summed E-state index contributed by atoms with van der Waals surface area (Å²) >= 11 is 0. The zero-order valence-electron chi connectivity index (χ0n) is 11.5. The van der Waals surface area contributed by atoms with E-state index in [1.54, 1.807) is 23.0 Å². The molecule has 2 aromatic rings. The van der Waals surface area contributed by atoms with Crippen molar-refractivity contribution in [1.29, 1.82) is 0 Å². The number of hydrogen-bond acceptors (Lipinski definition) is 3. The van der Waals surface area contributed by atoms with Gasteiger partial charge in [-0.05, 0) is 30.3 Å². The summed E-state index contributed by atoms with van der Waals surface area (Å²) < 4.78 is 61.7. The Balaban J connectivity index is 2.15. The zero-order chi connectivity index (χ0) is 17.1. The topological polar surface area (TPSA) is 75.3 Å². The molecule has 0 unspecified atom stereocenters. The van der Waals surface area contributed by atoms with Crippen molar-refractivity contribution in [3.8, 4) is 0 Å². The summed E-state index contributed by atoms with van der Waals surface area (Å²) in [5.74, 6) is -0.735. The molecular weight excluding hydrogens is 333 g/mol. The Morgan fingerprint density at radius 1 is 0.957 bits per heavy atom. The first kappa shape index (κ1) is 17.0. The lowest BCUT2D eigenvalue weighted by Crippen LogP contribution is -2.41. The molecule has 1 amide bonds. The van der Waals surface area contributed by atoms with Gasteiger partial charge in [0, 0.05) is 5.56 Å². The summed E-state index contributed by atoms with van der Waals surface area (Å²) in [6.45, 7) is 0. The van der Waals surface area contributed by atoms with Crippen molar-refractivity contribution in [2.75, 3.05) is 0 Å². The van der Waals surface area contributed by atoms with Gasteiger partial charge in [0.25, 0.3) is 15.9 Å². The molecular formula is C14H11F3N2O3S. The number of carbonyl (C=O) groups is 1. The van der Waals surface area contributed by atoms with Crippen molar-refractivity contribution in [1.82, 2.24) is 10.3 Å². The van der Waals surface area contributed by atoms with Crippen molar-refractivity contribution in [3.63, 3.8) is 0 Å². The van der Waals surface area contributed by atoms with Gasteiger partial charge >= 0.3 is 6.18 Å². The number of alkyl halides is 3. The van der Waals surface area contributed by atoms with E-state index in [0.29, 0.717) is 6.07 Å². The molecule has 2 N–H and O–H groups in total. The second-order valence-corrected chi connectivity index (χ2v) is 6.13. The number of halogens is 3. The average Bonchev–Trinajstić information content (AvgIpc) is 2.53. The van der Waals surface area contributed by atoms with Crippen LogP contribution in [0.3, 0.4) is 0 Å². The molecule has 9 heteroatoms. The second kappa shape index (κ2) is 6.39. The Labute approximate surface area is 130 Å². The molecule has 0 heterocycles. The summed E-state index contributed by atoms with van der Waals surface area (Å²) in [5, 5.41) is 0. The van der Waals surface area contributed by atoms with Gasteiger partial charge in [-0.2, -0.15) is 13.2 Å². The molecule has 2 aromatic carbocycles. The molecule has 0 aliphatic carbocycles. The number of rotatable bonds is 4. The molecule has 2 rings (SSSR count). The number of hydrazine groups is 1. The summed E-state index contributed by atoms with van der Waals surface area (Å²) in [4.78, 5) is 12.9. The van der Waals surface area contributed by atoms with Crippen LogP contribution in [0.15, 0.2) is 59.5 Å². The first-order valence-corrected chi connectivity index (χ1v) is 7.73. The molecule has 0 saturated heterocycles. The maximum atomic E-state index is 12.6. The van der Waals surface area contributed by atoms with Crippen LogP contribution in [0.4, 0.5) is 13.2 Å². The van der Waals surface area contributed by atoms with Crippen LogP contribution in [0.2, 0.25) is 0 Å². The van der Waals surface area contributed by atoms with Crippen LogP contribution in [0.5, 0.6) is 0 Å². The summed E-state index contributed by atoms with van der Waals surface area (Å²) in [6.07, 6.45) is -4.67. The van der Waals surface area contributed by atoms with Crippen LogP contribution in [0, 0.1) is 0 Å². The van der Waals surface area contributed by atoms with E-state index < -0.39 is 32.6 Å². The fourth-order valence-electron chi connectivity index (χ4n) is 1.67. The minimum atomic E-state index is -4.67. The number of amides is 1. The normalized spacial score (nSPS) is 12.0. The number of sulfonamides is 1. The number of carbonyl (C=O) groups excluding carboxylic acids is 1. The molecule has 0 aliphatic rings. The van der Waals surface area contributed by atoms with Gasteiger partial charge in [-0.1, -0.05) is 24.3 Å². The Bertz CT molecular complexity index is 806. The molecule has 0 spiro atoms. The maximum absolute atomic E-state index is 12.6. The molecule has 122 valence electrons. The predicted octanol–water partition coefficient (Wildman–Crippen LogP) is 2.33. The fourth-order valence-corrected chi connectivity index (χ4v) is 2.56. The summed E-state index contributed by atoms with van der Waals surface area (Å²) in [5.41, 5.74) is 1.03. The predicted molar refractivity (Wildman–Crippen MR) is 75.7 cm³/mol. The maximum Gasteiger partial charge on any atom is 0.416 e. The Morgan fingerprint density at radius 2 is 1.61 bits per heavy atom. The van der Waals surface area contributed by atoms with E-state index in [-0.39, 0.29) is 5.56 Å². The number of nitrogens with one attached hydrogen (secondary N) is 2. The lowest BCUT2D eigenvalue weighted by atomic mass is 10.2. The van der Waals surface area contributed by atoms with E-state index in [0.717, 1.165) is 18.2 Å².